The minimum Gasteiger partial charge on any atom is -0.489 e. The van der Waals surface area contributed by atoms with Gasteiger partial charge in [0.05, 0.1) is 24.0 Å². The molecule has 138 valence electrons. The number of nitrogens with one attached hydrogen (secondary N) is 2. The molecule has 6 heteroatoms. The first-order valence-corrected chi connectivity index (χ1v) is 8.91. The molecule has 0 bridgehead atoms. The number of carbonyl (C=O) groups excluding carboxylic acids is 1. The van der Waals surface area contributed by atoms with Gasteiger partial charge in [0, 0.05) is 25.3 Å². The zero-order chi connectivity index (χ0) is 18.5. The van der Waals surface area contributed by atoms with Crippen LogP contribution in [0.3, 0.4) is 0 Å². The number of aliphatic hydroxyl groups excluding tert-OH is 1. The molecule has 0 saturated heterocycles. The molecule has 1 aromatic carbocycles. The van der Waals surface area contributed by atoms with Gasteiger partial charge in [0.25, 0.3) is 5.91 Å². The van der Waals surface area contributed by atoms with Gasteiger partial charge >= 0.3 is 0 Å². The number of amides is 1. The molecule has 0 aliphatic carbocycles. The number of fused-ring (bicyclic) bond motifs is 1. The first-order valence-electron chi connectivity index (χ1n) is 8.91. The standard InChI is InChI=1S/C20H25N3O3/c1-13(2)26-17-7-16(9-21-11-17)20(25)23-12-19(24)18-8-14-5-3-4-6-15(14)10-22-18/h3-7,9,11,13,18-19,22,24H,8,10,12H2,1-2H3,(H,23,25)/t18-,19+/m0/s1. The third-order valence-corrected chi connectivity index (χ3v) is 4.40. The Morgan fingerprint density at radius 1 is 1.35 bits per heavy atom. The highest BCUT2D eigenvalue weighted by Gasteiger charge is 2.24. The first-order chi connectivity index (χ1) is 12.5. The summed E-state index contributed by atoms with van der Waals surface area (Å²) in [5.41, 5.74) is 2.91. The lowest BCUT2D eigenvalue weighted by molar-refractivity contribution is 0.0869. The van der Waals surface area contributed by atoms with Crippen LogP contribution in [0.15, 0.2) is 42.7 Å². The maximum absolute atomic E-state index is 12.3. The number of aliphatic hydroxyl groups is 1. The van der Waals surface area contributed by atoms with Gasteiger partial charge in [-0.2, -0.15) is 0 Å². The second-order valence-electron chi connectivity index (χ2n) is 6.81. The fourth-order valence-electron chi connectivity index (χ4n) is 3.07. The van der Waals surface area contributed by atoms with Crippen molar-refractivity contribution >= 4 is 5.91 Å². The Morgan fingerprint density at radius 3 is 2.88 bits per heavy atom. The van der Waals surface area contributed by atoms with Crippen molar-refractivity contribution in [2.45, 2.75) is 45.1 Å². The third-order valence-electron chi connectivity index (χ3n) is 4.40. The van der Waals surface area contributed by atoms with Crippen molar-refractivity contribution < 1.29 is 14.6 Å². The van der Waals surface area contributed by atoms with Crippen LogP contribution in [0.1, 0.15) is 35.3 Å². The van der Waals surface area contributed by atoms with E-state index in [9.17, 15) is 9.90 Å². The van der Waals surface area contributed by atoms with Gasteiger partial charge in [-0.25, -0.2) is 0 Å². The van der Waals surface area contributed by atoms with E-state index in [-0.39, 0.29) is 24.6 Å². The fourth-order valence-corrected chi connectivity index (χ4v) is 3.07. The number of hydrogen-bond acceptors (Lipinski definition) is 5. The van der Waals surface area contributed by atoms with E-state index >= 15 is 0 Å². The van der Waals surface area contributed by atoms with Crippen LogP contribution in [0.5, 0.6) is 5.75 Å². The summed E-state index contributed by atoms with van der Waals surface area (Å²) in [6.07, 6.45) is 3.15. The van der Waals surface area contributed by atoms with Crippen molar-refractivity contribution in [1.29, 1.82) is 0 Å². The molecular formula is C20H25N3O3. The Kier molecular flexibility index (Phi) is 5.85. The molecule has 2 atom stereocenters. The molecule has 1 aromatic heterocycles. The SMILES string of the molecule is CC(C)Oc1cncc(C(=O)NC[C@@H](O)[C@@H]2Cc3ccccc3CN2)c1. The fraction of sp³-hybridized carbons (Fsp3) is 0.400. The predicted octanol–water partition coefficient (Wildman–Crippen LogP) is 1.67. The average molecular weight is 355 g/mol. The van der Waals surface area contributed by atoms with E-state index < -0.39 is 6.10 Å². The topological polar surface area (TPSA) is 83.5 Å². The van der Waals surface area contributed by atoms with Gasteiger partial charge in [-0.05, 0) is 37.5 Å². The molecule has 0 radical (unpaired) electrons. The van der Waals surface area contributed by atoms with Crippen LogP contribution in [-0.2, 0) is 13.0 Å². The summed E-state index contributed by atoms with van der Waals surface area (Å²) in [5, 5.41) is 16.6. The Morgan fingerprint density at radius 2 is 2.12 bits per heavy atom. The molecular weight excluding hydrogens is 330 g/mol. The Hall–Kier alpha value is -2.44. The summed E-state index contributed by atoms with van der Waals surface area (Å²) in [7, 11) is 0. The van der Waals surface area contributed by atoms with Crippen LogP contribution >= 0.6 is 0 Å². The summed E-state index contributed by atoms with van der Waals surface area (Å²) in [5.74, 6) is 0.278. The van der Waals surface area contributed by atoms with Gasteiger partial charge in [0.15, 0.2) is 0 Å². The van der Waals surface area contributed by atoms with Crippen LogP contribution < -0.4 is 15.4 Å². The molecule has 0 unspecified atom stereocenters. The zero-order valence-electron chi connectivity index (χ0n) is 15.1. The van der Waals surface area contributed by atoms with E-state index in [4.69, 9.17) is 4.74 Å². The summed E-state index contributed by atoms with van der Waals surface area (Å²) < 4.78 is 5.56. The van der Waals surface area contributed by atoms with E-state index in [1.807, 2.05) is 26.0 Å². The molecule has 1 aliphatic rings. The van der Waals surface area contributed by atoms with Crippen molar-refractivity contribution in [1.82, 2.24) is 15.6 Å². The van der Waals surface area contributed by atoms with Crippen LogP contribution in [0, 0.1) is 0 Å². The predicted molar refractivity (Wildman–Crippen MR) is 99.1 cm³/mol. The van der Waals surface area contributed by atoms with E-state index in [0.717, 1.165) is 13.0 Å². The molecule has 2 aromatic rings. The van der Waals surface area contributed by atoms with Crippen LogP contribution in [0.25, 0.3) is 0 Å². The van der Waals surface area contributed by atoms with Gasteiger partial charge < -0.3 is 20.5 Å². The highest BCUT2D eigenvalue weighted by molar-refractivity contribution is 5.94. The maximum Gasteiger partial charge on any atom is 0.253 e. The number of rotatable bonds is 6. The van der Waals surface area contributed by atoms with Gasteiger partial charge in [0.1, 0.15) is 5.75 Å². The molecule has 1 amide bonds. The number of aromatic nitrogens is 1. The summed E-state index contributed by atoms with van der Waals surface area (Å²) in [6.45, 7) is 4.73. The number of pyridine rings is 1. The molecule has 3 rings (SSSR count). The minimum atomic E-state index is -0.671. The maximum atomic E-state index is 12.3. The lowest BCUT2D eigenvalue weighted by Gasteiger charge is -2.30. The number of nitrogens with zero attached hydrogens (tertiary/aromatic N) is 1. The van der Waals surface area contributed by atoms with Crippen LogP contribution in [0.4, 0.5) is 0 Å². The van der Waals surface area contributed by atoms with Gasteiger partial charge in [0.2, 0.25) is 0 Å². The van der Waals surface area contributed by atoms with Gasteiger partial charge in [-0.3, -0.25) is 9.78 Å². The number of benzene rings is 1. The highest BCUT2D eigenvalue weighted by atomic mass is 16.5. The average Bonchev–Trinajstić information content (AvgIpc) is 2.65. The molecule has 1 aliphatic heterocycles. The molecule has 0 saturated carbocycles. The van der Waals surface area contributed by atoms with Crippen molar-refractivity contribution in [3.63, 3.8) is 0 Å². The Labute approximate surface area is 153 Å². The van der Waals surface area contributed by atoms with E-state index in [2.05, 4.69) is 27.8 Å². The third kappa shape index (κ3) is 4.59. The van der Waals surface area contributed by atoms with E-state index in [1.165, 1.54) is 17.3 Å². The lowest BCUT2D eigenvalue weighted by Crippen LogP contribution is -2.49. The quantitative estimate of drug-likeness (QED) is 0.734. The molecule has 3 N–H and O–H groups in total. The van der Waals surface area contributed by atoms with Crippen molar-refractivity contribution in [3.8, 4) is 5.75 Å². The van der Waals surface area contributed by atoms with E-state index in [0.29, 0.717) is 11.3 Å². The lowest BCUT2D eigenvalue weighted by atomic mass is 9.93. The number of ether oxygens (including phenoxy) is 1. The van der Waals surface area contributed by atoms with Gasteiger partial charge in [-0.1, -0.05) is 24.3 Å². The second kappa shape index (κ2) is 8.29. The molecule has 6 nitrogen and oxygen atoms in total. The summed E-state index contributed by atoms with van der Waals surface area (Å²) >= 11 is 0. The molecule has 0 fully saturated rings. The van der Waals surface area contributed by atoms with Crippen molar-refractivity contribution in [2.24, 2.45) is 0 Å². The van der Waals surface area contributed by atoms with Crippen LogP contribution in [0.2, 0.25) is 0 Å². The second-order valence-corrected chi connectivity index (χ2v) is 6.81. The smallest absolute Gasteiger partial charge is 0.253 e. The zero-order valence-corrected chi connectivity index (χ0v) is 15.1. The Bertz CT molecular complexity index is 763. The summed E-state index contributed by atoms with van der Waals surface area (Å²) in [6, 6.07) is 9.77. The van der Waals surface area contributed by atoms with Gasteiger partial charge in [-0.15, -0.1) is 0 Å². The molecule has 0 spiro atoms. The van der Waals surface area contributed by atoms with E-state index in [1.54, 1.807) is 12.3 Å². The minimum absolute atomic E-state index is 0.0113. The van der Waals surface area contributed by atoms with Crippen LogP contribution in [-0.4, -0.2) is 40.8 Å². The largest absolute Gasteiger partial charge is 0.489 e. The Balaban J connectivity index is 1.55. The van der Waals surface area contributed by atoms with Crippen molar-refractivity contribution in [2.75, 3.05) is 6.54 Å². The summed E-state index contributed by atoms with van der Waals surface area (Å²) in [4.78, 5) is 16.4. The number of hydrogen-bond donors (Lipinski definition) is 3. The molecule has 26 heavy (non-hydrogen) atoms. The first kappa shape index (κ1) is 18.4. The number of carbonyl (C=O) groups is 1. The van der Waals surface area contributed by atoms with Crippen molar-refractivity contribution in [3.05, 3.63) is 59.4 Å². The highest BCUT2D eigenvalue weighted by Crippen LogP contribution is 2.18. The molecule has 2 heterocycles. The normalized spacial score (nSPS) is 17.5. The monoisotopic (exact) mass is 355 g/mol.